The first-order chi connectivity index (χ1) is 12.2. The number of carbonyl (C=O) groups is 1. The highest BCUT2D eigenvalue weighted by atomic mass is 16.5. The van der Waals surface area contributed by atoms with Gasteiger partial charge in [-0.05, 0) is 38.1 Å². The number of hydrogen-bond donors (Lipinski definition) is 1. The van der Waals surface area contributed by atoms with Crippen LogP contribution < -0.4 is 15.0 Å². The first kappa shape index (κ1) is 17.2. The lowest BCUT2D eigenvalue weighted by atomic mass is 10.2. The fourth-order valence-corrected chi connectivity index (χ4v) is 2.60. The number of aryl methyl sites for hydroxylation is 1. The van der Waals surface area contributed by atoms with Crippen molar-refractivity contribution in [1.29, 1.82) is 0 Å². The first-order valence-electron chi connectivity index (χ1n) is 8.38. The van der Waals surface area contributed by atoms with E-state index in [1.807, 2.05) is 19.9 Å². The Bertz CT molecular complexity index is 728. The van der Waals surface area contributed by atoms with Crippen LogP contribution in [0.15, 0.2) is 30.5 Å². The van der Waals surface area contributed by atoms with Gasteiger partial charge in [0.05, 0.1) is 31.7 Å². The monoisotopic (exact) mass is 342 g/mol. The Labute approximate surface area is 147 Å². The molecule has 2 aromatic rings. The number of morpholine rings is 1. The third kappa shape index (κ3) is 4.24. The second kappa shape index (κ2) is 7.94. The molecule has 2 aromatic heterocycles. The molecule has 132 valence electrons. The number of anilines is 2. The molecule has 0 aromatic carbocycles. The number of hydrogen-bond acceptors (Lipinski definition) is 6. The van der Waals surface area contributed by atoms with E-state index in [-0.39, 0.29) is 5.91 Å². The zero-order valence-electron chi connectivity index (χ0n) is 14.5. The zero-order valence-corrected chi connectivity index (χ0v) is 14.5. The summed E-state index contributed by atoms with van der Waals surface area (Å²) in [6, 6.07) is 7.24. The van der Waals surface area contributed by atoms with Gasteiger partial charge >= 0.3 is 0 Å². The number of aromatic nitrogens is 2. The Morgan fingerprint density at radius 2 is 2.08 bits per heavy atom. The maximum Gasteiger partial charge on any atom is 0.262 e. The second-order valence-corrected chi connectivity index (χ2v) is 5.69. The van der Waals surface area contributed by atoms with E-state index in [0.29, 0.717) is 23.9 Å². The highest BCUT2D eigenvalue weighted by molar-refractivity contribution is 6.05. The van der Waals surface area contributed by atoms with Crippen molar-refractivity contribution in [1.82, 2.24) is 9.97 Å². The Balaban J connectivity index is 1.70. The van der Waals surface area contributed by atoms with Gasteiger partial charge in [-0.3, -0.25) is 4.79 Å². The van der Waals surface area contributed by atoms with Crippen LogP contribution in [0.4, 0.5) is 11.5 Å². The fourth-order valence-electron chi connectivity index (χ4n) is 2.60. The number of nitrogens with zero attached hydrogens (tertiary/aromatic N) is 3. The summed E-state index contributed by atoms with van der Waals surface area (Å²) in [4.78, 5) is 23.3. The predicted octanol–water partition coefficient (Wildman–Crippen LogP) is 2.27. The van der Waals surface area contributed by atoms with Crippen molar-refractivity contribution in [3.8, 4) is 5.88 Å². The number of pyridine rings is 2. The van der Waals surface area contributed by atoms with E-state index in [4.69, 9.17) is 9.47 Å². The molecule has 25 heavy (non-hydrogen) atoms. The molecule has 7 heteroatoms. The topological polar surface area (TPSA) is 76.6 Å². The van der Waals surface area contributed by atoms with Crippen molar-refractivity contribution in [2.75, 3.05) is 43.1 Å². The molecule has 7 nitrogen and oxygen atoms in total. The maximum atomic E-state index is 12.5. The van der Waals surface area contributed by atoms with Crippen molar-refractivity contribution in [3.63, 3.8) is 0 Å². The number of rotatable bonds is 5. The summed E-state index contributed by atoms with van der Waals surface area (Å²) in [5.74, 6) is 0.539. The quantitative estimate of drug-likeness (QED) is 0.898. The summed E-state index contributed by atoms with van der Waals surface area (Å²) in [5.41, 5.74) is 2.22. The second-order valence-electron chi connectivity index (χ2n) is 5.69. The molecule has 0 atom stereocenters. The Morgan fingerprint density at radius 3 is 2.76 bits per heavy atom. The van der Waals surface area contributed by atoms with E-state index < -0.39 is 0 Å². The van der Waals surface area contributed by atoms with E-state index in [9.17, 15) is 4.79 Å². The van der Waals surface area contributed by atoms with Gasteiger partial charge in [0, 0.05) is 18.8 Å². The lowest BCUT2D eigenvalue weighted by Crippen LogP contribution is -2.36. The SMILES string of the molecule is CCOc1nc(C)ccc1C(=O)Nc1ccc(N2CCOCC2)cn1. The lowest BCUT2D eigenvalue weighted by Gasteiger charge is -2.28. The fraction of sp³-hybridized carbons (Fsp3) is 0.389. The minimum Gasteiger partial charge on any atom is -0.477 e. The van der Waals surface area contributed by atoms with Crippen LogP contribution >= 0.6 is 0 Å². The van der Waals surface area contributed by atoms with Gasteiger partial charge in [-0.2, -0.15) is 0 Å². The van der Waals surface area contributed by atoms with E-state index in [2.05, 4.69) is 20.2 Å². The third-order valence-corrected chi connectivity index (χ3v) is 3.89. The molecule has 1 fully saturated rings. The molecule has 0 spiro atoms. The van der Waals surface area contributed by atoms with Gasteiger partial charge in [0.1, 0.15) is 11.4 Å². The highest BCUT2D eigenvalue weighted by Crippen LogP contribution is 2.20. The Morgan fingerprint density at radius 1 is 1.28 bits per heavy atom. The molecule has 1 aliphatic rings. The number of nitrogens with one attached hydrogen (secondary N) is 1. The van der Waals surface area contributed by atoms with Gasteiger partial charge in [-0.1, -0.05) is 0 Å². The standard InChI is InChI=1S/C18H22N4O3/c1-3-25-18-15(6-4-13(2)20-18)17(23)21-16-7-5-14(12-19-16)22-8-10-24-11-9-22/h4-7,12H,3,8-11H2,1-2H3,(H,19,21,23). The van der Waals surface area contributed by atoms with Crippen molar-refractivity contribution in [3.05, 3.63) is 41.7 Å². The smallest absolute Gasteiger partial charge is 0.262 e. The minimum absolute atomic E-state index is 0.289. The van der Waals surface area contributed by atoms with Crippen LogP contribution in [0.5, 0.6) is 5.88 Å². The summed E-state index contributed by atoms with van der Waals surface area (Å²) >= 11 is 0. The maximum absolute atomic E-state index is 12.5. The van der Waals surface area contributed by atoms with Crippen molar-refractivity contribution < 1.29 is 14.3 Å². The van der Waals surface area contributed by atoms with Crippen molar-refractivity contribution >= 4 is 17.4 Å². The Kier molecular flexibility index (Phi) is 5.45. The predicted molar refractivity (Wildman–Crippen MR) is 95.4 cm³/mol. The summed E-state index contributed by atoms with van der Waals surface area (Å²) in [6.07, 6.45) is 1.76. The summed E-state index contributed by atoms with van der Waals surface area (Å²) in [7, 11) is 0. The van der Waals surface area contributed by atoms with E-state index in [0.717, 1.165) is 37.7 Å². The van der Waals surface area contributed by atoms with E-state index in [1.54, 1.807) is 24.4 Å². The average Bonchev–Trinajstić information content (AvgIpc) is 2.63. The molecule has 3 heterocycles. The van der Waals surface area contributed by atoms with Gasteiger partial charge in [-0.15, -0.1) is 0 Å². The Hall–Kier alpha value is -2.67. The van der Waals surface area contributed by atoms with Crippen molar-refractivity contribution in [2.45, 2.75) is 13.8 Å². The molecule has 0 saturated carbocycles. The molecular weight excluding hydrogens is 320 g/mol. The van der Waals surface area contributed by atoms with Gasteiger partial charge in [0.25, 0.3) is 5.91 Å². The normalized spacial score (nSPS) is 14.2. The molecular formula is C18H22N4O3. The van der Waals surface area contributed by atoms with Crippen LogP contribution in [0.2, 0.25) is 0 Å². The molecule has 1 N–H and O–H groups in total. The summed E-state index contributed by atoms with van der Waals surface area (Å²) < 4.78 is 10.8. The molecule has 1 amide bonds. The number of ether oxygens (including phenoxy) is 2. The van der Waals surface area contributed by atoms with Gasteiger partial charge in [-0.25, -0.2) is 9.97 Å². The lowest BCUT2D eigenvalue weighted by molar-refractivity contribution is 0.102. The molecule has 1 aliphatic heterocycles. The summed E-state index contributed by atoms with van der Waals surface area (Å²) in [5, 5.41) is 2.79. The molecule has 1 saturated heterocycles. The molecule has 0 radical (unpaired) electrons. The number of amides is 1. The van der Waals surface area contributed by atoms with Crippen LogP contribution in [0.25, 0.3) is 0 Å². The van der Waals surface area contributed by atoms with Crippen LogP contribution in [0.1, 0.15) is 23.0 Å². The summed E-state index contributed by atoms with van der Waals surface area (Å²) in [6.45, 7) is 7.30. The van der Waals surface area contributed by atoms with Gasteiger partial charge in [0.2, 0.25) is 5.88 Å². The largest absolute Gasteiger partial charge is 0.477 e. The minimum atomic E-state index is -0.289. The molecule has 0 unspecified atom stereocenters. The first-order valence-corrected chi connectivity index (χ1v) is 8.38. The van der Waals surface area contributed by atoms with Crippen LogP contribution in [0, 0.1) is 6.92 Å². The average molecular weight is 342 g/mol. The zero-order chi connectivity index (χ0) is 17.6. The molecule has 3 rings (SSSR count). The van der Waals surface area contributed by atoms with Crippen molar-refractivity contribution in [2.24, 2.45) is 0 Å². The van der Waals surface area contributed by atoms with E-state index >= 15 is 0 Å². The highest BCUT2D eigenvalue weighted by Gasteiger charge is 2.16. The van der Waals surface area contributed by atoms with E-state index in [1.165, 1.54) is 0 Å². The molecule has 0 bridgehead atoms. The third-order valence-electron chi connectivity index (χ3n) is 3.89. The van der Waals surface area contributed by atoms with Crippen LogP contribution in [-0.4, -0.2) is 48.8 Å². The van der Waals surface area contributed by atoms with Crippen LogP contribution in [0.3, 0.4) is 0 Å². The molecule has 0 aliphatic carbocycles. The van der Waals surface area contributed by atoms with Crippen LogP contribution in [-0.2, 0) is 4.74 Å². The number of carbonyl (C=O) groups excluding carboxylic acids is 1. The van der Waals surface area contributed by atoms with Gasteiger partial charge in [0.15, 0.2) is 0 Å². The van der Waals surface area contributed by atoms with Gasteiger partial charge < -0.3 is 19.7 Å².